The minimum Gasteiger partial charge on any atom is -0.352 e. The zero-order valence-electron chi connectivity index (χ0n) is 9.19. The van der Waals surface area contributed by atoms with Gasteiger partial charge in [-0.1, -0.05) is 13.8 Å². The van der Waals surface area contributed by atoms with Gasteiger partial charge >= 0.3 is 0 Å². The average Bonchev–Trinajstić information content (AvgIpc) is 2.67. The van der Waals surface area contributed by atoms with Crippen molar-refractivity contribution in [2.24, 2.45) is 17.6 Å². The first-order valence-corrected chi connectivity index (χ1v) is 6.08. The van der Waals surface area contributed by atoms with Crippen LogP contribution in [-0.4, -0.2) is 12.5 Å². The molecule has 0 aliphatic heterocycles. The van der Waals surface area contributed by atoms with Crippen LogP contribution in [0.15, 0.2) is 16.8 Å². The van der Waals surface area contributed by atoms with Crippen LogP contribution < -0.4 is 11.1 Å². The summed E-state index contributed by atoms with van der Waals surface area (Å²) in [7, 11) is 0. The molecule has 1 unspecified atom stereocenters. The van der Waals surface area contributed by atoms with Crippen LogP contribution in [0.3, 0.4) is 0 Å². The summed E-state index contributed by atoms with van der Waals surface area (Å²) < 4.78 is 0. The lowest BCUT2D eigenvalue weighted by Crippen LogP contribution is -2.37. The van der Waals surface area contributed by atoms with Gasteiger partial charge in [0.2, 0.25) is 5.91 Å². The molecule has 15 heavy (non-hydrogen) atoms. The highest BCUT2D eigenvalue weighted by Crippen LogP contribution is 2.10. The molecule has 84 valence electrons. The molecule has 0 radical (unpaired) electrons. The quantitative estimate of drug-likeness (QED) is 0.801. The van der Waals surface area contributed by atoms with Gasteiger partial charge in [0.25, 0.3) is 0 Å². The van der Waals surface area contributed by atoms with E-state index < -0.39 is 0 Å². The number of hydrogen-bond acceptors (Lipinski definition) is 3. The van der Waals surface area contributed by atoms with Crippen molar-refractivity contribution in [3.63, 3.8) is 0 Å². The Kier molecular flexibility index (Phi) is 4.78. The first kappa shape index (κ1) is 12.2. The third-order valence-corrected chi connectivity index (χ3v) is 3.17. The molecule has 0 bridgehead atoms. The number of amides is 1. The Morgan fingerprint density at radius 2 is 2.33 bits per heavy atom. The van der Waals surface area contributed by atoms with Crippen LogP contribution in [0.2, 0.25) is 0 Å². The van der Waals surface area contributed by atoms with Gasteiger partial charge in [-0.05, 0) is 28.3 Å². The molecule has 1 aromatic heterocycles. The number of nitrogens with two attached hydrogens (primary N) is 1. The van der Waals surface area contributed by atoms with Gasteiger partial charge in [0.05, 0.1) is 5.92 Å². The maximum atomic E-state index is 11.7. The highest BCUT2D eigenvalue weighted by atomic mass is 32.1. The summed E-state index contributed by atoms with van der Waals surface area (Å²) in [6.07, 6.45) is 0. The van der Waals surface area contributed by atoms with Crippen molar-refractivity contribution < 1.29 is 4.79 Å². The molecule has 1 heterocycles. The fraction of sp³-hybridized carbons (Fsp3) is 0.545. The Labute approximate surface area is 94.7 Å². The van der Waals surface area contributed by atoms with Crippen LogP contribution in [0.4, 0.5) is 0 Å². The van der Waals surface area contributed by atoms with Gasteiger partial charge < -0.3 is 11.1 Å². The predicted octanol–water partition coefficient (Wildman–Crippen LogP) is 1.60. The third-order valence-electron chi connectivity index (χ3n) is 2.44. The van der Waals surface area contributed by atoms with Crippen molar-refractivity contribution in [2.45, 2.75) is 20.4 Å². The molecule has 1 amide bonds. The lowest BCUT2D eigenvalue weighted by Gasteiger charge is -2.17. The van der Waals surface area contributed by atoms with E-state index in [1.165, 1.54) is 0 Å². The summed E-state index contributed by atoms with van der Waals surface area (Å²) in [4.78, 5) is 11.7. The largest absolute Gasteiger partial charge is 0.352 e. The summed E-state index contributed by atoms with van der Waals surface area (Å²) in [5, 5.41) is 6.94. The Balaban J connectivity index is 2.41. The van der Waals surface area contributed by atoms with Gasteiger partial charge in [0.15, 0.2) is 0 Å². The number of rotatable bonds is 5. The minimum atomic E-state index is -0.0800. The Bertz CT molecular complexity index is 296. The van der Waals surface area contributed by atoms with E-state index in [-0.39, 0.29) is 17.7 Å². The molecule has 1 rings (SSSR count). The van der Waals surface area contributed by atoms with Crippen molar-refractivity contribution >= 4 is 17.2 Å². The van der Waals surface area contributed by atoms with Crippen LogP contribution in [0, 0.1) is 11.8 Å². The molecular formula is C11H18N2OS. The fourth-order valence-electron chi connectivity index (χ4n) is 1.40. The Hall–Kier alpha value is -0.870. The molecule has 0 aliphatic rings. The summed E-state index contributed by atoms with van der Waals surface area (Å²) in [6, 6.07) is 2.01. The van der Waals surface area contributed by atoms with Gasteiger partial charge in [-0.15, -0.1) is 0 Å². The van der Waals surface area contributed by atoms with Gasteiger partial charge in [-0.25, -0.2) is 0 Å². The van der Waals surface area contributed by atoms with E-state index in [9.17, 15) is 4.79 Å². The molecule has 3 nitrogen and oxygen atoms in total. The summed E-state index contributed by atoms with van der Waals surface area (Å²) in [5.41, 5.74) is 6.71. The van der Waals surface area contributed by atoms with Crippen molar-refractivity contribution in [1.29, 1.82) is 0 Å². The molecule has 4 heteroatoms. The second kappa shape index (κ2) is 5.88. The van der Waals surface area contributed by atoms with Crippen molar-refractivity contribution in [1.82, 2.24) is 5.32 Å². The van der Waals surface area contributed by atoms with Crippen LogP contribution >= 0.6 is 11.3 Å². The Morgan fingerprint density at radius 1 is 1.60 bits per heavy atom. The van der Waals surface area contributed by atoms with E-state index in [4.69, 9.17) is 5.73 Å². The number of carbonyl (C=O) groups excluding carboxylic acids is 1. The zero-order valence-corrected chi connectivity index (χ0v) is 10.0. The smallest absolute Gasteiger partial charge is 0.224 e. The number of thiophene rings is 1. The van der Waals surface area contributed by atoms with E-state index in [0.717, 1.165) is 5.56 Å². The van der Waals surface area contributed by atoms with Crippen LogP contribution in [0.25, 0.3) is 0 Å². The molecule has 0 fully saturated rings. The summed E-state index contributed by atoms with van der Waals surface area (Å²) in [6.45, 7) is 5.04. The third kappa shape index (κ3) is 3.64. The van der Waals surface area contributed by atoms with E-state index in [1.807, 2.05) is 30.7 Å². The van der Waals surface area contributed by atoms with E-state index in [0.29, 0.717) is 13.1 Å². The van der Waals surface area contributed by atoms with Gasteiger partial charge in [-0.3, -0.25) is 4.79 Å². The van der Waals surface area contributed by atoms with Gasteiger partial charge in [0, 0.05) is 13.1 Å². The van der Waals surface area contributed by atoms with E-state index in [1.54, 1.807) is 11.3 Å². The van der Waals surface area contributed by atoms with Crippen LogP contribution in [0.5, 0.6) is 0 Å². The van der Waals surface area contributed by atoms with E-state index in [2.05, 4.69) is 5.32 Å². The fourth-order valence-corrected chi connectivity index (χ4v) is 2.06. The molecule has 0 saturated heterocycles. The second-order valence-electron chi connectivity index (χ2n) is 3.94. The molecule has 0 saturated carbocycles. The van der Waals surface area contributed by atoms with Gasteiger partial charge in [-0.2, -0.15) is 11.3 Å². The first-order valence-electron chi connectivity index (χ1n) is 5.14. The number of carbonyl (C=O) groups is 1. The topological polar surface area (TPSA) is 55.1 Å². The molecule has 3 N–H and O–H groups in total. The number of hydrogen-bond donors (Lipinski definition) is 2. The van der Waals surface area contributed by atoms with Gasteiger partial charge in [0.1, 0.15) is 0 Å². The monoisotopic (exact) mass is 226 g/mol. The molecule has 1 aromatic rings. The van der Waals surface area contributed by atoms with Crippen LogP contribution in [0.1, 0.15) is 19.4 Å². The lowest BCUT2D eigenvalue weighted by atomic mass is 9.95. The minimum absolute atomic E-state index is 0.0544. The highest BCUT2D eigenvalue weighted by molar-refractivity contribution is 7.07. The van der Waals surface area contributed by atoms with Crippen LogP contribution in [-0.2, 0) is 11.3 Å². The zero-order chi connectivity index (χ0) is 11.3. The predicted molar refractivity (Wildman–Crippen MR) is 63.5 cm³/mol. The number of nitrogens with one attached hydrogen (secondary N) is 1. The van der Waals surface area contributed by atoms with Crippen molar-refractivity contribution in [3.05, 3.63) is 22.4 Å². The standard InChI is InChI=1S/C11H18N2OS/c1-8(2)10(5-12)11(14)13-6-9-3-4-15-7-9/h3-4,7-8,10H,5-6,12H2,1-2H3,(H,13,14). The Morgan fingerprint density at radius 3 is 2.80 bits per heavy atom. The molecule has 0 aliphatic carbocycles. The highest BCUT2D eigenvalue weighted by Gasteiger charge is 2.19. The van der Waals surface area contributed by atoms with E-state index >= 15 is 0 Å². The van der Waals surface area contributed by atoms with Crippen molar-refractivity contribution in [2.75, 3.05) is 6.54 Å². The normalized spacial score (nSPS) is 12.8. The molecule has 0 spiro atoms. The summed E-state index contributed by atoms with van der Waals surface area (Å²) >= 11 is 1.64. The maximum absolute atomic E-state index is 11.7. The van der Waals surface area contributed by atoms with Crippen molar-refractivity contribution in [3.8, 4) is 0 Å². The second-order valence-corrected chi connectivity index (χ2v) is 4.72. The maximum Gasteiger partial charge on any atom is 0.224 e. The average molecular weight is 226 g/mol. The molecule has 0 aromatic carbocycles. The lowest BCUT2D eigenvalue weighted by molar-refractivity contribution is -0.126. The molecular weight excluding hydrogens is 208 g/mol. The summed E-state index contributed by atoms with van der Waals surface area (Å²) in [5.74, 6) is 0.264. The first-order chi connectivity index (χ1) is 7.15. The molecule has 1 atom stereocenters. The SMILES string of the molecule is CC(C)C(CN)C(=O)NCc1ccsc1.